The van der Waals surface area contributed by atoms with E-state index in [9.17, 15) is 0 Å². The van der Waals surface area contributed by atoms with E-state index in [1.165, 1.54) is 0 Å². The van der Waals surface area contributed by atoms with Crippen LogP contribution in [0.5, 0.6) is 0 Å². The second-order valence-electron chi connectivity index (χ2n) is 2.20. The van der Waals surface area contributed by atoms with E-state index in [1.807, 2.05) is 26.1 Å². The summed E-state index contributed by atoms with van der Waals surface area (Å²) < 4.78 is 0. The third-order valence-electron chi connectivity index (χ3n) is 1.29. The Kier molecular flexibility index (Phi) is 7.03. The van der Waals surface area contributed by atoms with Gasteiger partial charge < -0.3 is 5.32 Å². The standard InChI is InChI=1S/C9H17N3/c1-4-7-10-8-11-12-9(5-2)6-3/h4-5,7,10-11H,2,6,8H2,1,3H3/b7-4-,12-9-. The zero-order valence-corrected chi connectivity index (χ0v) is 7.80. The van der Waals surface area contributed by atoms with E-state index in [0.29, 0.717) is 6.67 Å². The number of allylic oxidation sites excluding steroid dienone is 2. The van der Waals surface area contributed by atoms with E-state index in [0.717, 1.165) is 12.1 Å². The van der Waals surface area contributed by atoms with Crippen LogP contribution in [-0.4, -0.2) is 12.4 Å². The highest BCUT2D eigenvalue weighted by Gasteiger charge is 1.85. The Morgan fingerprint density at radius 1 is 1.58 bits per heavy atom. The molecule has 3 heteroatoms. The quantitative estimate of drug-likeness (QED) is 0.273. The van der Waals surface area contributed by atoms with Crippen LogP contribution >= 0.6 is 0 Å². The maximum absolute atomic E-state index is 4.08. The Balaban J connectivity index is 3.50. The van der Waals surface area contributed by atoms with E-state index < -0.39 is 0 Å². The molecule has 0 radical (unpaired) electrons. The van der Waals surface area contributed by atoms with Crippen molar-refractivity contribution in [3.63, 3.8) is 0 Å². The van der Waals surface area contributed by atoms with Gasteiger partial charge in [0.15, 0.2) is 0 Å². The summed E-state index contributed by atoms with van der Waals surface area (Å²) >= 11 is 0. The van der Waals surface area contributed by atoms with Crippen molar-refractivity contribution in [1.29, 1.82) is 0 Å². The van der Waals surface area contributed by atoms with Gasteiger partial charge in [0.25, 0.3) is 0 Å². The molecule has 0 aromatic rings. The van der Waals surface area contributed by atoms with Crippen molar-refractivity contribution in [3.8, 4) is 0 Å². The lowest BCUT2D eigenvalue weighted by atomic mass is 10.3. The minimum Gasteiger partial charge on any atom is -0.373 e. The fourth-order valence-electron chi connectivity index (χ4n) is 0.633. The summed E-state index contributed by atoms with van der Waals surface area (Å²) in [5.41, 5.74) is 3.85. The zero-order valence-electron chi connectivity index (χ0n) is 7.80. The predicted molar refractivity (Wildman–Crippen MR) is 53.9 cm³/mol. The van der Waals surface area contributed by atoms with E-state index in [-0.39, 0.29) is 0 Å². The molecule has 12 heavy (non-hydrogen) atoms. The van der Waals surface area contributed by atoms with E-state index in [1.54, 1.807) is 6.08 Å². The summed E-state index contributed by atoms with van der Waals surface area (Å²) in [5, 5.41) is 7.09. The first-order valence-corrected chi connectivity index (χ1v) is 4.11. The molecule has 0 aliphatic carbocycles. The summed E-state index contributed by atoms with van der Waals surface area (Å²) in [7, 11) is 0. The average molecular weight is 167 g/mol. The Morgan fingerprint density at radius 3 is 2.83 bits per heavy atom. The van der Waals surface area contributed by atoms with Crippen molar-refractivity contribution in [2.45, 2.75) is 20.3 Å². The van der Waals surface area contributed by atoms with E-state index in [2.05, 4.69) is 22.4 Å². The highest BCUT2D eigenvalue weighted by Crippen LogP contribution is 1.83. The predicted octanol–water partition coefficient (Wildman–Crippen LogP) is 1.61. The van der Waals surface area contributed by atoms with Crippen molar-refractivity contribution >= 4 is 5.71 Å². The fourth-order valence-corrected chi connectivity index (χ4v) is 0.633. The minimum absolute atomic E-state index is 0.641. The highest BCUT2D eigenvalue weighted by molar-refractivity contribution is 5.93. The molecule has 0 spiro atoms. The third-order valence-corrected chi connectivity index (χ3v) is 1.29. The molecule has 0 fully saturated rings. The summed E-state index contributed by atoms with van der Waals surface area (Å²) in [5.74, 6) is 0. The number of nitrogens with zero attached hydrogens (tertiary/aromatic N) is 1. The summed E-state index contributed by atoms with van der Waals surface area (Å²) in [6, 6.07) is 0. The maximum Gasteiger partial charge on any atom is 0.101 e. The van der Waals surface area contributed by atoms with Crippen molar-refractivity contribution in [2.24, 2.45) is 5.10 Å². The van der Waals surface area contributed by atoms with Gasteiger partial charge in [-0.1, -0.05) is 19.6 Å². The molecule has 0 amide bonds. The fraction of sp³-hybridized carbons (Fsp3) is 0.444. The van der Waals surface area contributed by atoms with Gasteiger partial charge in [-0.05, 0) is 25.6 Å². The van der Waals surface area contributed by atoms with Gasteiger partial charge in [-0.25, -0.2) is 0 Å². The summed E-state index contributed by atoms with van der Waals surface area (Å²) in [4.78, 5) is 0. The molecule has 0 aliphatic heterocycles. The van der Waals surface area contributed by atoms with Crippen LogP contribution in [0, 0.1) is 0 Å². The number of rotatable bonds is 6. The maximum atomic E-state index is 4.08. The van der Waals surface area contributed by atoms with Gasteiger partial charge in [-0.15, -0.1) is 0 Å². The van der Waals surface area contributed by atoms with Crippen LogP contribution in [0.4, 0.5) is 0 Å². The second kappa shape index (κ2) is 7.85. The molecular weight excluding hydrogens is 150 g/mol. The van der Waals surface area contributed by atoms with E-state index in [4.69, 9.17) is 0 Å². The Hall–Kier alpha value is -1.25. The molecule has 0 heterocycles. The molecule has 0 aliphatic rings. The first kappa shape index (κ1) is 10.8. The Morgan fingerprint density at radius 2 is 2.33 bits per heavy atom. The molecular formula is C9H17N3. The monoisotopic (exact) mass is 167 g/mol. The van der Waals surface area contributed by atoms with Crippen molar-refractivity contribution in [3.05, 3.63) is 24.9 Å². The molecule has 2 N–H and O–H groups in total. The van der Waals surface area contributed by atoms with Crippen LogP contribution in [-0.2, 0) is 0 Å². The normalized spacial score (nSPS) is 11.7. The second-order valence-corrected chi connectivity index (χ2v) is 2.20. The smallest absolute Gasteiger partial charge is 0.101 e. The average Bonchev–Trinajstić information content (AvgIpc) is 2.11. The van der Waals surface area contributed by atoms with Crippen LogP contribution < -0.4 is 10.7 Å². The molecule has 0 saturated heterocycles. The largest absolute Gasteiger partial charge is 0.373 e. The van der Waals surface area contributed by atoms with Crippen molar-refractivity contribution in [1.82, 2.24) is 10.7 Å². The molecule has 0 rings (SSSR count). The number of hydrogen-bond acceptors (Lipinski definition) is 3. The molecule has 3 nitrogen and oxygen atoms in total. The number of nitrogens with one attached hydrogen (secondary N) is 2. The molecule has 0 saturated carbocycles. The van der Waals surface area contributed by atoms with Gasteiger partial charge in [-0.2, -0.15) is 5.10 Å². The molecule has 0 bridgehead atoms. The van der Waals surface area contributed by atoms with Crippen LogP contribution in [0.2, 0.25) is 0 Å². The van der Waals surface area contributed by atoms with Crippen molar-refractivity contribution in [2.75, 3.05) is 6.67 Å². The first-order valence-electron chi connectivity index (χ1n) is 4.11. The van der Waals surface area contributed by atoms with E-state index >= 15 is 0 Å². The molecule has 0 aromatic heterocycles. The van der Waals surface area contributed by atoms with Crippen LogP contribution in [0.1, 0.15) is 20.3 Å². The van der Waals surface area contributed by atoms with Gasteiger partial charge in [-0.3, -0.25) is 5.43 Å². The number of hydrazone groups is 1. The topological polar surface area (TPSA) is 36.4 Å². The van der Waals surface area contributed by atoms with Gasteiger partial charge in [0.2, 0.25) is 0 Å². The first-order chi connectivity index (χ1) is 5.85. The lowest BCUT2D eigenvalue weighted by Crippen LogP contribution is -2.21. The Labute approximate surface area is 74.2 Å². The SMILES string of the molecule is C=C/C(CC)=N/NCN/C=C\C. The molecule has 0 aromatic carbocycles. The highest BCUT2D eigenvalue weighted by atomic mass is 15.3. The van der Waals surface area contributed by atoms with Gasteiger partial charge in [0.1, 0.15) is 6.67 Å². The molecule has 0 atom stereocenters. The van der Waals surface area contributed by atoms with Crippen LogP contribution in [0.15, 0.2) is 30.0 Å². The van der Waals surface area contributed by atoms with Gasteiger partial charge >= 0.3 is 0 Å². The lowest BCUT2D eigenvalue weighted by Gasteiger charge is -2.01. The summed E-state index contributed by atoms with van der Waals surface area (Å²) in [6.45, 7) is 8.28. The Bertz CT molecular complexity index is 171. The summed E-state index contributed by atoms with van der Waals surface area (Å²) in [6.07, 6.45) is 6.45. The zero-order chi connectivity index (χ0) is 9.23. The van der Waals surface area contributed by atoms with Crippen molar-refractivity contribution < 1.29 is 0 Å². The molecule has 68 valence electrons. The van der Waals surface area contributed by atoms with Gasteiger partial charge in [0, 0.05) is 0 Å². The third kappa shape index (κ3) is 5.53. The minimum atomic E-state index is 0.641. The number of hydrogen-bond donors (Lipinski definition) is 2. The van der Waals surface area contributed by atoms with Gasteiger partial charge in [0.05, 0.1) is 5.71 Å². The van der Waals surface area contributed by atoms with Crippen LogP contribution in [0.3, 0.4) is 0 Å². The lowest BCUT2D eigenvalue weighted by molar-refractivity contribution is 0.685. The molecule has 0 unspecified atom stereocenters. The van der Waals surface area contributed by atoms with Crippen LogP contribution in [0.25, 0.3) is 0 Å².